The first-order valence-corrected chi connectivity index (χ1v) is 7.67. The largest absolute Gasteiger partial charge is 0.476 e. The number of rotatable bonds is 3. The Morgan fingerprint density at radius 3 is 2.13 bits per heavy atom. The average molecular weight is 312 g/mol. The van der Waals surface area contributed by atoms with Gasteiger partial charge in [-0.3, -0.25) is 0 Å². The second-order valence-electron chi connectivity index (χ2n) is 5.85. The van der Waals surface area contributed by atoms with E-state index in [2.05, 4.69) is 46.9 Å². The highest BCUT2D eigenvalue weighted by Crippen LogP contribution is 2.23. The number of aromatic carboxylic acids is 1. The molecule has 1 aliphatic rings. The van der Waals surface area contributed by atoms with Crippen molar-refractivity contribution < 1.29 is 9.90 Å². The van der Waals surface area contributed by atoms with Crippen LogP contribution < -0.4 is 9.80 Å². The molecule has 0 amide bonds. The van der Waals surface area contributed by atoms with Crippen LogP contribution in [0.5, 0.6) is 0 Å². The molecule has 2 aromatic rings. The van der Waals surface area contributed by atoms with Gasteiger partial charge in [-0.15, -0.1) is 0 Å². The molecule has 0 unspecified atom stereocenters. The summed E-state index contributed by atoms with van der Waals surface area (Å²) in [6.45, 7) is 7.33. The molecule has 0 radical (unpaired) electrons. The summed E-state index contributed by atoms with van der Waals surface area (Å²) in [5.41, 5.74) is 3.75. The van der Waals surface area contributed by atoms with Gasteiger partial charge in [0.15, 0.2) is 11.5 Å². The number of nitrogens with zero attached hydrogens (tertiary/aromatic N) is 4. The van der Waals surface area contributed by atoms with Crippen LogP contribution in [0.1, 0.15) is 21.6 Å². The maximum Gasteiger partial charge on any atom is 0.358 e. The summed E-state index contributed by atoms with van der Waals surface area (Å²) in [6, 6.07) is 6.54. The van der Waals surface area contributed by atoms with Gasteiger partial charge in [-0.2, -0.15) is 0 Å². The van der Waals surface area contributed by atoms with Gasteiger partial charge in [0.1, 0.15) is 0 Å². The van der Waals surface area contributed by atoms with E-state index >= 15 is 0 Å². The molecule has 1 aromatic heterocycles. The van der Waals surface area contributed by atoms with E-state index in [0.29, 0.717) is 5.82 Å². The van der Waals surface area contributed by atoms with Crippen LogP contribution in [-0.4, -0.2) is 47.2 Å². The monoisotopic (exact) mass is 312 g/mol. The third-order valence-electron chi connectivity index (χ3n) is 4.03. The third-order valence-corrected chi connectivity index (χ3v) is 4.03. The molecule has 0 aliphatic carbocycles. The summed E-state index contributed by atoms with van der Waals surface area (Å²) < 4.78 is 0. The maximum atomic E-state index is 11.3. The summed E-state index contributed by atoms with van der Waals surface area (Å²) >= 11 is 0. The number of carboxylic acid groups (broad SMARTS) is 1. The highest BCUT2D eigenvalue weighted by atomic mass is 16.4. The van der Waals surface area contributed by atoms with Crippen molar-refractivity contribution in [3.8, 4) is 0 Å². The van der Waals surface area contributed by atoms with Gasteiger partial charge in [0.25, 0.3) is 0 Å². The molecule has 1 aliphatic heterocycles. The highest BCUT2D eigenvalue weighted by Gasteiger charge is 2.23. The lowest BCUT2D eigenvalue weighted by atomic mass is 10.1. The molecule has 0 atom stereocenters. The van der Waals surface area contributed by atoms with E-state index in [1.807, 2.05) is 4.90 Å². The Labute approximate surface area is 135 Å². The number of carbonyl (C=O) groups is 1. The zero-order valence-corrected chi connectivity index (χ0v) is 13.4. The molecule has 6 heteroatoms. The molecule has 23 heavy (non-hydrogen) atoms. The van der Waals surface area contributed by atoms with Crippen LogP contribution in [0.3, 0.4) is 0 Å². The second kappa shape index (κ2) is 6.24. The van der Waals surface area contributed by atoms with Gasteiger partial charge in [-0.05, 0) is 37.1 Å². The maximum absolute atomic E-state index is 11.3. The Hall–Kier alpha value is -2.63. The minimum atomic E-state index is -1.04. The molecule has 2 heterocycles. The van der Waals surface area contributed by atoms with Crippen LogP contribution in [0.15, 0.2) is 30.6 Å². The van der Waals surface area contributed by atoms with Gasteiger partial charge < -0.3 is 14.9 Å². The number of aryl methyl sites for hydroxylation is 2. The molecule has 0 bridgehead atoms. The first kappa shape index (κ1) is 15.3. The van der Waals surface area contributed by atoms with Crippen LogP contribution in [0.4, 0.5) is 11.5 Å². The number of anilines is 2. The molecule has 3 rings (SSSR count). The first-order chi connectivity index (χ1) is 11.0. The molecular formula is C17H20N4O2. The van der Waals surface area contributed by atoms with Crippen LogP contribution in [-0.2, 0) is 0 Å². The Kier molecular flexibility index (Phi) is 4.14. The lowest BCUT2D eigenvalue weighted by molar-refractivity contribution is 0.0690. The SMILES string of the molecule is Cc1cc(C)cc(N2CCN(c3nccnc3C(=O)O)CC2)c1. The van der Waals surface area contributed by atoms with E-state index < -0.39 is 5.97 Å². The molecule has 1 aromatic carbocycles. The van der Waals surface area contributed by atoms with E-state index in [1.54, 1.807) is 0 Å². The molecule has 0 saturated carbocycles. The molecule has 120 valence electrons. The number of hydrogen-bond donors (Lipinski definition) is 1. The van der Waals surface area contributed by atoms with Gasteiger partial charge in [-0.25, -0.2) is 14.8 Å². The summed E-state index contributed by atoms with van der Waals surface area (Å²) in [5, 5.41) is 9.25. The number of piperazine rings is 1. The number of aromatic nitrogens is 2. The summed E-state index contributed by atoms with van der Waals surface area (Å²) in [6.07, 6.45) is 2.96. The fraction of sp³-hybridized carbons (Fsp3) is 0.353. The fourth-order valence-electron chi connectivity index (χ4n) is 3.02. The van der Waals surface area contributed by atoms with Crippen molar-refractivity contribution in [2.75, 3.05) is 36.0 Å². The second-order valence-corrected chi connectivity index (χ2v) is 5.85. The quantitative estimate of drug-likeness (QED) is 0.936. The van der Waals surface area contributed by atoms with Crippen LogP contribution in [0, 0.1) is 13.8 Å². The van der Waals surface area contributed by atoms with Crippen molar-refractivity contribution in [2.45, 2.75) is 13.8 Å². The lowest BCUT2D eigenvalue weighted by Crippen LogP contribution is -2.47. The Morgan fingerprint density at radius 2 is 1.52 bits per heavy atom. The van der Waals surface area contributed by atoms with Crippen molar-refractivity contribution in [3.63, 3.8) is 0 Å². The highest BCUT2D eigenvalue weighted by molar-refractivity contribution is 5.91. The Bertz CT molecular complexity index is 704. The van der Waals surface area contributed by atoms with Gasteiger partial charge in [0.05, 0.1) is 0 Å². The van der Waals surface area contributed by atoms with Crippen molar-refractivity contribution >= 4 is 17.5 Å². The fourth-order valence-corrected chi connectivity index (χ4v) is 3.02. The zero-order chi connectivity index (χ0) is 16.4. The predicted octanol–water partition coefficient (Wildman–Crippen LogP) is 2.12. The molecule has 1 saturated heterocycles. The summed E-state index contributed by atoms with van der Waals surface area (Å²) in [5.74, 6) is -0.579. The van der Waals surface area contributed by atoms with E-state index in [1.165, 1.54) is 29.2 Å². The van der Waals surface area contributed by atoms with Crippen LogP contribution in [0.2, 0.25) is 0 Å². The van der Waals surface area contributed by atoms with Gasteiger partial charge in [0, 0.05) is 44.3 Å². The Morgan fingerprint density at radius 1 is 0.957 bits per heavy atom. The first-order valence-electron chi connectivity index (χ1n) is 7.67. The molecule has 6 nitrogen and oxygen atoms in total. The average Bonchev–Trinajstić information content (AvgIpc) is 2.54. The summed E-state index contributed by atoms with van der Waals surface area (Å²) in [4.78, 5) is 23.8. The molecular weight excluding hydrogens is 292 g/mol. The van der Waals surface area contributed by atoms with Crippen LogP contribution >= 0.6 is 0 Å². The minimum absolute atomic E-state index is 0.0207. The lowest BCUT2D eigenvalue weighted by Gasteiger charge is -2.37. The molecule has 1 N–H and O–H groups in total. The third kappa shape index (κ3) is 3.26. The summed E-state index contributed by atoms with van der Waals surface area (Å²) in [7, 11) is 0. The van der Waals surface area contributed by atoms with E-state index in [-0.39, 0.29) is 5.69 Å². The van der Waals surface area contributed by atoms with Gasteiger partial charge in [0.2, 0.25) is 0 Å². The van der Waals surface area contributed by atoms with Gasteiger partial charge in [-0.1, -0.05) is 6.07 Å². The van der Waals surface area contributed by atoms with Crippen molar-refractivity contribution in [1.29, 1.82) is 0 Å². The van der Waals surface area contributed by atoms with E-state index in [0.717, 1.165) is 26.2 Å². The van der Waals surface area contributed by atoms with Crippen molar-refractivity contribution in [2.24, 2.45) is 0 Å². The molecule has 0 spiro atoms. The van der Waals surface area contributed by atoms with E-state index in [4.69, 9.17) is 0 Å². The van der Waals surface area contributed by atoms with Crippen molar-refractivity contribution in [3.05, 3.63) is 47.4 Å². The topological polar surface area (TPSA) is 69.6 Å². The zero-order valence-electron chi connectivity index (χ0n) is 13.4. The Balaban J connectivity index is 1.75. The standard InChI is InChI=1S/C17H20N4O2/c1-12-9-13(2)11-14(10-12)20-5-7-21(8-6-20)16-15(17(22)23)18-3-4-19-16/h3-4,9-11H,5-8H2,1-2H3,(H,22,23). The van der Waals surface area contributed by atoms with E-state index in [9.17, 15) is 9.90 Å². The number of hydrogen-bond acceptors (Lipinski definition) is 5. The van der Waals surface area contributed by atoms with Crippen LogP contribution in [0.25, 0.3) is 0 Å². The normalized spacial score (nSPS) is 14.9. The molecule has 1 fully saturated rings. The number of carboxylic acids is 1. The smallest absolute Gasteiger partial charge is 0.358 e. The van der Waals surface area contributed by atoms with Gasteiger partial charge >= 0.3 is 5.97 Å². The van der Waals surface area contributed by atoms with Crippen molar-refractivity contribution in [1.82, 2.24) is 9.97 Å². The number of benzene rings is 1. The predicted molar refractivity (Wildman–Crippen MR) is 89.3 cm³/mol. The minimum Gasteiger partial charge on any atom is -0.476 e.